The van der Waals surface area contributed by atoms with Crippen LogP contribution >= 0.6 is 23.1 Å². The summed E-state index contributed by atoms with van der Waals surface area (Å²) in [6.45, 7) is 4.25. The quantitative estimate of drug-likeness (QED) is 0.615. The summed E-state index contributed by atoms with van der Waals surface area (Å²) in [4.78, 5) is 16.4. The van der Waals surface area contributed by atoms with E-state index in [4.69, 9.17) is 0 Å². The molecule has 0 atom stereocenters. The van der Waals surface area contributed by atoms with Crippen molar-refractivity contribution >= 4 is 34.1 Å². The molecule has 0 bridgehead atoms. The van der Waals surface area contributed by atoms with Crippen LogP contribution in [0.3, 0.4) is 0 Å². The number of hydrogen-bond acceptors (Lipinski definition) is 7. The first-order chi connectivity index (χ1) is 12.1. The topological polar surface area (TPSA) is 96.5 Å². The van der Waals surface area contributed by atoms with Gasteiger partial charge in [-0.1, -0.05) is 49.1 Å². The van der Waals surface area contributed by atoms with Crippen LogP contribution in [0.5, 0.6) is 0 Å². The van der Waals surface area contributed by atoms with Gasteiger partial charge in [-0.3, -0.25) is 15.2 Å². The molecule has 2 aromatic heterocycles. The van der Waals surface area contributed by atoms with Gasteiger partial charge in [-0.25, -0.2) is 4.98 Å². The van der Waals surface area contributed by atoms with E-state index in [1.165, 1.54) is 17.7 Å². The van der Waals surface area contributed by atoms with Gasteiger partial charge in [0.1, 0.15) is 11.3 Å². The average molecular weight is 374 g/mol. The normalized spacial score (nSPS) is 11.0. The fraction of sp³-hybridized carbons (Fsp3) is 0.312. The predicted octanol–water partition coefficient (Wildman–Crippen LogP) is 3.40. The molecule has 3 rings (SSSR count). The van der Waals surface area contributed by atoms with Crippen molar-refractivity contribution < 1.29 is 4.79 Å². The van der Waals surface area contributed by atoms with Crippen LogP contribution in [0.15, 0.2) is 35.7 Å². The Morgan fingerprint density at radius 3 is 2.76 bits per heavy atom. The lowest BCUT2D eigenvalue weighted by molar-refractivity contribution is 0.102. The van der Waals surface area contributed by atoms with Gasteiger partial charge >= 0.3 is 0 Å². The summed E-state index contributed by atoms with van der Waals surface area (Å²) < 4.78 is 0. The summed E-state index contributed by atoms with van der Waals surface area (Å²) in [6.07, 6.45) is 2.35. The van der Waals surface area contributed by atoms with Crippen molar-refractivity contribution in [2.75, 3.05) is 5.32 Å². The van der Waals surface area contributed by atoms with Crippen LogP contribution in [0, 0.1) is 5.92 Å². The second-order valence-corrected chi connectivity index (χ2v) is 7.86. The van der Waals surface area contributed by atoms with Crippen LogP contribution in [0.4, 0.5) is 5.13 Å². The highest BCUT2D eigenvalue weighted by Crippen LogP contribution is 2.20. The van der Waals surface area contributed by atoms with Crippen molar-refractivity contribution in [2.24, 2.45) is 5.92 Å². The number of nitrogens with zero attached hydrogens (tertiary/aromatic N) is 4. The summed E-state index contributed by atoms with van der Waals surface area (Å²) in [5, 5.41) is 19.8. The van der Waals surface area contributed by atoms with Gasteiger partial charge in [-0.05, 0) is 23.6 Å². The van der Waals surface area contributed by atoms with Gasteiger partial charge in [0.2, 0.25) is 5.13 Å². The maximum absolute atomic E-state index is 12.3. The number of carbonyl (C=O) groups is 1. The highest BCUT2D eigenvalue weighted by molar-refractivity contribution is 7.98. The molecular formula is C16H18N6OS2. The van der Waals surface area contributed by atoms with Gasteiger partial charge in [0.15, 0.2) is 5.16 Å². The second-order valence-electron chi connectivity index (χ2n) is 5.83. The van der Waals surface area contributed by atoms with Crippen molar-refractivity contribution in [1.82, 2.24) is 25.4 Å². The highest BCUT2D eigenvalue weighted by Gasteiger charge is 2.11. The standard InChI is InChI=1S/C16H18N6OS2/c1-10(2)7-13-20-22-16(25-13)19-14(23)12-5-3-11(4-6-12)8-24-15-17-9-18-21-15/h3-6,9-10H,7-8H2,1-2H3,(H,17,18,21)(H,19,22,23). The molecule has 2 heterocycles. The molecule has 9 heteroatoms. The molecule has 3 aromatic rings. The lowest BCUT2D eigenvalue weighted by Gasteiger charge is -2.03. The van der Waals surface area contributed by atoms with Crippen LogP contribution in [0.25, 0.3) is 0 Å². The summed E-state index contributed by atoms with van der Waals surface area (Å²) >= 11 is 2.98. The lowest BCUT2D eigenvalue weighted by Crippen LogP contribution is -2.11. The van der Waals surface area contributed by atoms with Crippen LogP contribution < -0.4 is 5.32 Å². The number of nitrogens with one attached hydrogen (secondary N) is 2. The number of H-pyrrole nitrogens is 1. The molecule has 130 valence electrons. The number of aromatic amines is 1. The van der Waals surface area contributed by atoms with Crippen LogP contribution in [0.1, 0.15) is 34.8 Å². The van der Waals surface area contributed by atoms with Gasteiger partial charge in [0.25, 0.3) is 5.91 Å². The minimum atomic E-state index is -0.179. The van der Waals surface area contributed by atoms with E-state index in [1.807, 2.05) is 24.3 Å². The minimum absolute atomic E-state index is 0.179. The number of thioether (sulfide) groups is 1. The first kappa shape index (κ1) is 17.6. The monoisotopic (exact) mass is 374 g/mol. The molecule has 25 heavy (non-hydrogen) atoms. The zero-order valence-electron chi connectivity index (χ0n) is 13.9. The number of anilines is 1. The number of rotatable bonds is 7. The Morgan fingerprint density at radius 2 is 2.08 bits per heavy atom. The number of amides is 1. The zero-order chi connectivity index (χ0) is 17.6. The zero-order valence-corrected chi connectivity index (χ0v) is 15.5. The highest BCUT2D eigenvalue weighted by atomic mass is 32.2. The Labute approximate surface area is 153 Å². The first-order valence-electron chi connectivity index (χ1n) is 7.81. The van der Waals surface area contributed by atoms with E-state index in [-0.39, 0.29) is 5.91 Å². The van der Waals surface area contributed by atoms with E-state index in [1.54, 1.807) is 11.8 Å². The van der Waals surface area contributed by atoms with Crippen molar-refractivity contribution in [3.63, 3.8) is 0 Å². The molecule has 0 saturated carbocycles. The van der Waals surface area contributed by atoms with Gasteiger partial charge in [0, 0.05) is 17.7 Å². The summed E-state index contributed by atoms with van der Waals surface area (Å²) in [7, 11) is 0. The average Bonchev–Trinajstić information content (AvgIpc) is 3.25. The Kier molecular flexibility index (Phi) is 5.77. The SMILES string of the molecule is CC(C)Cc1nnc(NC(=O)c2ccc(CSc3ncn[nH]3)cc2)s1. The van der Waals surface area contributed by atoms with Crippen LogP contribution in [0.2, 0.25) is 0 Å². The maximum atomic E-state index is 12.3. The van der Waals surface area contributed by atoms with E-state index in [9.17, 15) is 4.79 Å². The Hall–Kier alpha value is -2.26. The fourth-order valence-electron chi connectivity index (χ4n) is 2.07. The molecule has 0 saturated heterocycles. The van der Waals surface area contributed by atoms with E-state index in [0.29, 0.717) is 16.6 Å². The van der Waals surface area contributed by atoms with E-state index in [2.05, 4.69) is 44.5 Å². The second kappa shape index (κ2) is 8.21. The molecule has 0 spiro atoms. The summed E-state index contributed by atoms with van der Waals surface area (Å²) in [6, 6.07) is 7.48. The molecular weight excluding hydrogens is 356 g/mol. The molecule has 7 nitrogen and oxygen atoms in total. The van der Waals surface area contributed by atoms with Gasteiger partial charge in [-0.15, -0.1) is 10.2 Å². The Balaban J connectivity index is 1.56. The number of benzene rings is 1. The third-order valence-corrected chi connectivity index (χ3v) is 5.06. The van der Waals surface area contributed by atoms with Gasteiger partial charge in [0.05, 0.1) is 0 Å². The lowest BCUT2D eigenvalue weighted by atomic mass is 10.1. The largest absolute Gasteiger partial charge is 0.296 e. The van der Waals surface area contributed by atoms with Gasteiger partial charge in [-0.2, -0.15) is 5.10 Å². The molecule has 0 aliphatic rings. The number of hydrogen-bond donors (Lipinski definition) is 2. The third kappa shape index (κ3) is 5.10. The van der Waals surface area contributed by atoms with Gasteiger partial charge < -0.3 is 0 Å². The van der Waals surface area contributed by atoms with E-state index < -0.39 is 0 Å². The maximum Gasteiger partial charge on any atom is 0.257 e. The third-order valence-electron chi connectivity index (χ3n) is 3.25. The predicted molar refractivity (Wildman–Crippen MR) is 98.8 cm³/mol. The molecule has 2 N–H and O–H groups in total. The molecule has 0 radical (unpaired) electrons. The minimum Gasteiger partial charge on any atom is -0.296 e. The van der Waals surface area contributed by atoms with Crippen molar-refractivity contribution in [1.29, 1.82) is 0 Å². The van der Waals surface area contributed by atoms with Crippen molar-refractivity contribution in [2.45, 2.75) is 31.2 Å². The molecule has 0 fully saturated rings. The number of carbonyl (C=O) groups excluding carboxylic acids is 1. The van der Waals surface area contributed by atoms with E-state index >= 15 is 0 Å². The fourth-order valence-corrected chi connectivity index (χ4v) is 3.75. The molecule has 0 unspecified atom stereocenters. The molecule has 0 aliphatic carbocycles. The van der Waals surface area contributed by atoms with Crippen LogP contribution in [-0.2, 0) is 12.2 Å². The first-order valence-corrected chi connectivity index (χ1v) is 9.61. The summed E-state index contributed by atoms with van der Waals surface area (Å²) in [5.74, 6) is 1.09. The molecule has 1 aromatic carbocycles. The number of aromatic nitrogens is 5. The van der Waals surface area contributed by atoms with Crippen molar-refractivity contribution in [3.05, 3.63) is 46.7 Å². The smallest absolute Gasteiger partial charge is 0.257 e. The van der Waals surface area contributed by atoms with Crippen LogP contribution in [-0.4, -0.2) is 31.3 Å². The van der Waals surface area contributed by atoms with E-state index in [0.717, 1.165) is 27.9 Å². The van der Waals surface area contributed by atoms with Crippen molar-refractivity contribution in [3.8, 4) is 0 Å². The molecule has 1 amide bonds. The molecule has 0 aliphatic heterocycles. The Bertz CT molecular complexity index is 814. The summed E-state index contributed by atoms with van der Waals surface area (Å²) in [5.41, 5.74) is 1.70. The Morgan fingerprint density at radius 1 is 1.28 bits per heavy atom.